The molecule has 0 bridgehead atoms. The van der Waals surface area contributed by atoms with Crippen LogP contribution in [0.15, 0.2) is 73.7 Å². The first-order chi connectivity index (χ1) is 15.5. The Bertz CT molecular complexity index is 1210. The highest BCUT2D eigenvalue weighted by Crippen LogP contribution is 2.45. The molecule has 0 N–H and O–H groups in total. The van der Waals surface area contributed by atoms with Crippen LogP contribution in [0.1, 0.15) is 51.8 Å². The van der Waals surface area contributed by atoms with Crippen LogP contribution in [0.4, 0.5) is 0 Å². The Kier molecular flexibility index (Phi) is 6.14. The number of benzene rings is 2. The zero-order chi connectivity index (χ0) is 22.2. The average Bonchev–Trinajstić information content (AvgIpc) is 3.40. The molecule has 0 radical (unpaired) electrons. The van der Waals surface area contributed by atoms with Gasteiger partial charge in [0.05, 0.1) is 23.0 Å². The summed E-state index contributed by atoms with van der Waals surface area (Å²) in [6, 6.07) is 16.5. The number of rotatable bonds is 3. The van der Waals surface area contributed by atoms with Crippen molar-refractivity contribution in [1.29, 1.82) is 0 Å². The maximum Gasteiger partial charge on any atom is 0.286 e. The highest BCUT2D eigenvalue weighted by Gasteiger charge is 2.44. The Hall–Kier alpha value is -2.09. The van der Waals surface area contributed by atoms with Gasteiger partial charge in [0.25, 0.3) is 5.91 Å². The van der Waals surface area contributed by atoms with Crippen LogP contribution in [0.25, 0.3) is 6.08 Å². The van der Waals surface area contributed by atoms with Crippen LogP contribution in [0.5, 0.6) is 0 Å². The van der Waals surface area contributed by atoms with Crippen molar-refractivity contribution >= 4 is 60.9 Å². The van der Waals surface area contributed by atoms with E-state index >= 15 is 0 Å². The zero-order valence-electron chi connectivity index (χ0n) is 17.5. The van der Waals surface area contributed by atoms with E-state index in [1.165, 1.54) is 16.9 Å². The SMILES string of the molecule is Cc1ncsc1C(=O)N1N=C2/C(=C\c3ccc(Br)cc3)CCC[C@@H]2[C@@H]1c1ccc(Br)cc1. The number of hydrogen-bond acceptors (Lipinski definition) is 4. The van der Waals surface area contributed by atoms with Gasteiger partial charge in [0, 0.05) is 14.9 Å². The van der Waals surface area contributed by atoms with E-state index in [0.29, 0.717) is 4.88 Å². The van der Waals surface area contributed by atoms with Crippen LogP contribution in [-0.2, 0) is 0 Å². The Balaban J connectivity index is 1.58. The minimum atomic E-state index is -0.110. The summed E-state index contributed by atoms with van der Waals surface area (Å²) in [6.07, 6.45) is 5.30. The van der Waals surface area contributed by atoms with Gasteiger partial charge in [0.1, 0.15) is 4.88 Å². The normalized spacial score (nSPS) is 21.5. The molecule has 2 aliphatic rings. The molecule has 0 spiro atoms. The van der Waals surface area contributed by atoms with Gasteiger partial charge >= 0.3 is 0 Å². The number of fused-ring (bicyclic) bond motifs is 1. The molecule has 5 rings (SSSR count). The van der Waals surface area contributed by atoms with Crippen molar-refractivity contribution in [3.63, 3.8) is 0 Å². The number of allylic oxidation sites excluding steroid dienone is 1. The molecule has 0 unspecified atom stereocenters. The molecule has 1 saturated carbocycles. The average molecular weight is 571 g/mol. The predicted octanol–water partition coefficient (Wildman–Crippen LogP) is 7.41. The van der Waals surface area contributed by atoms with Crippen molar-refractivity contribution in [1.82, 2.24) is 9.99 Å². The van der Waals surface area contributed by atoms with E-state index in [2.05, 4.69) is 79.3 Å². The number of aryl methyl sites for hydroxylation is 1. The van der Waals surface area contributed by atoms with E-state index in [1.807, 2.05) is 19.1 Å². The Labute approximate surface area is 208 Å². The molecule has 1 aliphatic carbocycles. The van der Waals surface area contributed by atoms with E-state index in [-0.39, 0.29) is 17.9 Å². The number of aromatic nitrogens is 1. The molecule has 32 heavy (non-hydrogen) atoms. The smallest absolute Gasteiger partial charge is 0.266 e. The summed E-state index contributed by atoms with van der Waals surface area (Å²) in [5.74, 6) is 0.117. The highest BCUT2D eigenvalue weighted by atomic mass is 79.9. The van der Waals surface area contributed by atoms with Gasteiger partial charge in [-0.3, -0.25) is 4.79 Å². The van der Waals surface area contributed by atoms with Gasteiger partial charge in [-0.1, -0.05) is 56.1 Å². The summed E-state index contributed by atoms with van der Waals surface area (Å²) in [4.78, 5) is 18.5. The number of amides is 1. The first-order valence-electron chi connectivity index (χ1n) is 10.6. The minimum Gasteiger partial charge on any atom is -0.266 e. The third kappa shape index (κ3) is 4.14. The maximum absolute atomic E-state index is 13.6. The van der Waals surface area contributed by atoms with E-state index in [4.69, 9.17) is 5.10 Å². The van der Waals surface area contributed by atoms with Gasteiger partial charge in [-0.25, -0.2) is 9.99 Å². The molecule has 7 heteroatoms. The van der Waals surface area contributed by atoms with Gasteiger partial charge < -0.3 is 0 Å². The predicted molar refractivity (Wildman–Crippen MR) is 137 cm³/mol. The lowest BCUT2D eigenvalue weighted by Gasteiger charge is -2.29. The number of hydrazone groups is 1. The molecular formula is C25H21Br2N3OS. The summed E-state index contributed by atoms with van der Waals surface area (Å²) < 4.78 is 2.09. The standard InChI is InChI=1S/C25H21Br2N3OS/c1-15-24(32-14-28-15)25(31)30-23(17-7-11-20(27)12-8-17)21-4-2-3-18(22(21)29-30)13-16-5-9-19(26)10-6-16/h5-14,21,23H,2-4H2,1H3/b18-13-/t21-,23-/m0/s1. The number of nitrogens with zero attached hydrogens (tertiary/aromatic N) is 3. The van der Waals surface area contributed by atoms with Crippen LogP contribution < -0.4 is 0 Å². The van der Waals surface area contributed by atoms with Gasteiger partial charge in [0.15, 0.2) is 0 Å². The Morgan fingerprint density at radius 3 is 2.44 bits per heavy atom. The molecular weight excluding hydrogens is 550 g/mol. The van der Waals surface area contributed by atoms with Gasteiger partial charge in [-0.15, -0.1) is 11.3 Å². The number of hydrogen-bond donors (Lipinski definition) is 0. The molecule has 1 aromatic heterocycles. The molecule has 3 aromatic rings. The quantitative estimate of drug-likeness (QED) is 0.329. The Morgan fingerprint density at radius 1 is 1.09 bits per heavy atom. The lowest BCUT2D eigenvalue weighted by atomic mass is 9.77. The first kappa shape index (κ1) is 21.7. The topological polar surface area (TPSA) is 45.6 Å². The fraction of sp³-hybridized carbons (Fsp3) is 0.240. The minimum absolute atomic E-state index is 0.0668. The molecule has 1 amide bonds. The second kappa shape index (κ2) is 9.04. The largest absolute Gasteiger partial charge is 0.286 e. The van der Waals surface area contributed by atoms with Crippen LogP contribution in [-0.4, -0.2) is 21.6 Å². The fourth-order valence-electron chi connectivity index (χ4n) is 4.53. The zero-order valence-corrected chi connectivity index (χ0v) is 21.5. The summed E-state index contributed by atoms with van der Waals surface area (Å²) in [5.41, 5.74) is 7.01. The van der Waals surface area contributed by atoms with Crippen molar-refractivity contribution < 1.29 is 4.79 Å². The number of carbonyl (C=O) groups is 1. The van der Waals surface area contributed by atoms with Crippen LogP contribution in [0.3, 0.4) is 0 Å². The van der Waals surface area contributed by atoms with E-state index in [9.17, 15) is 4.79 Å². The number of carbonyl (C=O) groups excluding carboxylic acids is 1. The third-order valence-corrected chi connectivity index (χ3v) is 8.05. The molecule has 162 valence electrons. The summed E-state index contributed by atoms with van der Waals surface area (Å²) in [7, 11) is 0. The van der Waals surface area contributed by atoms with Crippen LogP contribution in [0.2, 0.25) is 0 Å². The van der Waals surface area contributed by atoms with Crippen molar-refractivity contribution in [3.8, 4) is 0 Å². The van der Waals surface area contributed by atoms with Crippen molar-refractivity contribution in [3.05, 3.63) is 90.3 Å². The van der Waals surface area contributed by atoms with Crippen LogP contribution >= 0.6 is 43.2 Å². The molecule has 4 nitrogen and oxygen atoms in total. The van der Waals surface area contributed by atoms with Crippen molar-refractivity contribution in [2.24, 2.45) is 11.0 Å². The van der Waals surface area contributed by atoms with E-state index in [0.717, 1.165) is 50.7 Å². The van der Waals surface area contributed by atoms with E-state index in [1.54, 1.807) is 10.5 Å². The fourth-order valence-corrected chi connectivity index (χ4v) is 5.80. The second-order valence-electron chi connectivity index (χ2n) is 8.12. The molecule has 1 fully saturated rings. The monoisotopic (exact) mass is 569 g/mol. The second-order valence-corrected chi connectivity index (χ2v) is 10.8. The van der Waals surface area contributed by atoms with Gasteiger partial charge in [0.2, 0.25) is 0 Å². The number of halogens is 2. The molecule has 2 heterocycles. The molecule has 2 atom stereocenters. The lowest BCUT2D eigenvalue weighted by molar-refractivity contribution is 0.0685. The first-order valence-corrected chi connectivity index (χ1v) is 13.0. The van der Waals surface area contributed by atoms with Gasteiger partial charge in [-0.05, 0) is 73.2 Å². The maximum atomic E-state index is 13.6. The summed E-state index contributed by atoms with van der Waals surface area (Å²) >= 11 is 8.42. The number of thiazole rings is 1. The highest BCUT2D eigenvalue weighted by molar-refractivity contribution is 9.10. The lowest BCUT2D eigenvalue weighted by Crippen LogP contribution is -2.31. The van der Waals surface area contributed by atoms with Crippen molar-refractivity contribution in [2.75, 3.05) is 0 Å². The summed E-state index contributed by atoms with van der Waals surface area (Å²) in [6.45, 7) is 1.88. The Morgan fingerprint density at radius 2 is 1.78 bits per heavy atom. The third-order valence-electron chi connectivity index (χ3n) is 6.07. The van der Waals surface area contributed by atoms with E-state index < -0.39 is 0 Å². The molecule has 0 saturated heterocycles. The molecule has 1 aliphatic heterocycles. The summed E-state index contributed by atoms with van der Waals surface area (Å²) in [5, 5.41) is 6.69. The van der Waals surface area contributed by atoms with Crippen LogP contribution in [0, 0.1) is 12.8 Å². The van der Waals surface area contributed by atoms with Crippen molar-refractivity contribution in [2.45, 2.75) is 32.2 Å². The van der Waals surface area contributed by atoms with Gasteiger partial charge in [-0.2, -0.15) is 5.10 Å². The molecule has 2 aromatic carbocycles.